The lowest BCUT2D eigenvalue weighted by Gasteiger charge is -2.31. The predicted molar refractivity (Wildman–Crippen MR) is 140 cm³/mol. The highest BCUT2D eigenvalue weighted by atomic mass is 32.1. The lowest BCUT2D eigenvalue weighted by molar-refractivity contribution is 0.0601. The van der Waals surface area contributed by atoms with Gasteiger partial charge in [-0.05, 0) is 87.8 Å². The van der Waals surface area contributed by atoms with Crippen LogP contribution >= 0.6 is 12.2 Å². The Hall–Kier alpha value is -2.94. The van der Waals surface area contributed by atoms with Gasteiger partial charge in [0, 0.05) is 37.4 Å². The van der Waals surface area contributed by atoms with Crippen LogP contribution in [-0.4, -0.2) is 54.3 Å². The first kappa shape index (κ1) is 24.2. The molecule has 0 amide bonds. The molecule has 0 radical (unpaired) electrons. The van der Waals surface area contributed by atoms with E-state index in [-0.39, 0.29) is 5.97 Å². The van der Waals surface area contributed by atoms with Crippen molar-refractivity contribution in [1.29, 1.82) is 0 Å². The maximum atomic E-state index is 11.6. The van der Waals surface area contributed by atoms with E-state index in [1.807, 2.05) is 12.1 Å². The topological polar surface area (TPSA) is 91.4 Å². The molecular weight excluding hydrogens is 448 g/mol. The quantitative estimate of drug-likeness (QED) is 0.419. The van der Waals surface area contributed by atoms with Crippen molar-refractivity contribution in [3.63, 3.8) is 0 Å². The van der Waals surface area contributed by atoms with Crippen LogP contribution in [0.3, 0.4) is 0 Å². The molecule has 8 nitrogen and oxygen atoms in total. The predicted octanol–water partition coefficient (Wildman–Crippen LogP) is 3.92. The summed E-state index contributed by atoms with van der Waals surface area (Å²) in [6.07, 6.45) is 8.65. The molecule has 0 bridgehead atoms. The monoisotopic (exact) mass is 482 g/mol. The Labute approximate surface area is 206 Å². The zero-order chi connectivity index (χ0) is 24.1. The summed E-state index contributed by atoms with van der Waals surface area (Å²) in [6, 6.07) is 7.77. The summed E-state index contributed by atoms with van der Waals surface area (Å²) in [5, 5.41) is 10.8. The molecule has 4 rings (SSSR count). The van der Waals surface area contributed by atoms with Crippen LogP contribution < -0.4 is 20.9 Å². The lowest BCUT2D eigenvalue weighted by Crippen LogP contribution is -2.42. The lowest BCUT2D eigenvalue weighted by atomic mass is 9.91. The minimum atomic E-state index is -0.351. The molecule has 1 fully saturated rings. The van der Waals surface area contributed by atoms with Crippen LogP contribution in [0.5, 0.6) is 0 Å². The number of hydrogen-bond acceptors (Lipinski definition) is 7. The zero-order valence-electron chi connectivity index (χ0n) is 20.2. The van der Waals surface area contributed by atoms with Gasteiger partial charge in [-0.25, -0.2) is 9.78 Å². The Balaban J connectivity index is 1.27. The molecule has 34 heavy (non-hydrogen) atoms. The summed E-state index contributed by atoms with van der Waals surface area (Å²) in [6.45, 7) is 0. The summed E-state index contributed by atoms with van der Waals surface area (Å²) in [7, 11) is 5.49. The summed E-state index contributed by atoms with van der Waals surface area (Å²) < 4.78 is 4.73. The molecule has 1 saturated carbocycles. The van der Waals surface area contributed by atoms with Crippen LogP contribution in [0.2, 0.25) is 0 Å². The first-order valence-electron chi connectivity index (χ1n) is 12.0. The van der Waals surface area contributed by atoms with Gasteiger partial charge in [-0.2, -0.15) is 4.98 Å². The van der Waals surface area contributed by atoms with E-state index in [1.54, 1.807) is 12.1 Å². The fourth-order valence-corrected chi connectivity index (χ4v) is 5.02. The molecule has 0 spiro atoms. The van der Waals surface area contributed by atoms with Crippen molar-refractivity contribution in [1.82, 2.24) is 15.3 Å². The smallest absolute Gasteiger partial charge is 0.337 e. The standard InChI is InChI=1S/C25H34N6O2S/c1-31(2)22-20-6-4-5-7-21(20)29-24(30-22)26-17-12-14-19(15-13-17)28-25(34)27-18-10-8-16(9-11-18)23(32)33-3/h8-11,17,19H,4-7,12-15H2,1-3H3,(H,26,29,30)(H2,27,28,34). The molecule has 1 aromatic heterocycles. The van der Waals surface area contributed by atoms with Gasteiger partial charge < -0.3 is 25.6 Å². The van der Waals surface area contributed by atoms with Crippen molar-refractivity contribution in [2.24, 2.45) is 0 Å². The number of aryl methyl sites for hydroxylation is 1. The minimum absolute atomic E-state index is 0.328. The summed E-state index contributed by atoms with van der Waals surface area (Å²) in [5.74, 6) is 1.46. The molecule has 2 aliphatic rings. The second kappa shape index (κ2) is 11.0. The van der Waals surface area contributed by atoms with Crippen molar-refractivity contribution in [2.75, 3.05) is 36.7 Å². The van der Waals surface area contributed by atoms with Gasteiger partial charge in [-0.15, -0.1) is 0 Å². The van der Waals surface area contributed by atoms with E-state index < -0.39 is 0 Å². The number of fused-ring (bicyclic) bond motifs is 1. The van der Waals surface area contributed by atoms with E-state index in [2.05, 4.69) is 34.9 Å². The van der Waals surface area contributed by atoms with Crippen molar-refractivity contribution in [2.45, 2.75) is 63.5 Å². The average Bonchev–Trinajstić information content (AvgIpc) is 2.84. The highest BCUT2D eigenvalue weighted by molar-refractivity contribution is 7.80. The van der Waals surface area contributed by atoms with Crippen molar-refractivity contribution in [3.05, 3.63) is 41.1 Å². The van der Waals surface area contributed by atoms with Crippen LogP contribution in [0, 0.1) is 0 Å². The number of nitrogens with zero attached hydrogens (tertiary/aromatic N) is 3. The number of thiocarbonyl (C=S) groups is 1. The molecular formula is C25H34N6O2S. The highest BCUT2D eigenvalue weighted by Crippen LogP contribution is 2.29. The first-order chi connectivity index (χ1) is 16.4. The zero-order valence-corrected chi connectivity index (χ0v) is 21.0. The summed E-state index contributed by atoms with van der Waals surface area (Å²) >= 11 is 5.50. The van der Waals surface area contributed by atoms with Gasteiger partial charge in [0.25, 0.3) is 0 Å². The number of carbonyl (C=O) groups excluding carboxylic acids is 1. The van der Waals surface area contributed by atoms with Crippen molar-refractivity contribution >= 4 is 40.8 Å². The number of ether oxygens (including phenoxy) is 1. The van der Waals surface area contributed by atoms with Crippen LogP contribution in [0.15, 0.2) is 24.3 Å². The number of carbonyl (C=O) groups is 1. The Kier molecular flexibility index (Phi) is 7.82. The number of rotatable bonds is 6. The van der Waals surface area contributed by atoms with E-state index >= 15 is 0 Å². The third-order valence-corrected chi connectivity index (χ3v) is 6.76. The molecule has 182 valence electrons. The average molecular weight is 483 g/mol. The maximum Gasteiger partial charge on any atom is 0.337 e. The number of aromatic nitrogens is 2. The Morgan fingerprint density at radius 1 is 1.03 bits per heavy atom. The molecule has 0 aliphatic heterocycles. The molecule has 9 heteroatoms. The molecule has 1 aromatic carbocycles. The van der Waals surface area contributed by atoms with Gasteiger partial charge in [0.15, 0.2) is 5.11 Å². The van der Waals surface area contributed by atoms with Crippen LogP contribution in [0.4, 0.5) is 17.5 Å². The maximum absolute atomic E-state index is 11.6. The SMILES string of the molecule is COC(=O)c1ccc(NC(=S)NC2CCC(Nc3nc4c(c(N(C)C)n3)CCCC4)CC2)cc1. The van der Waals surface area contributed by atoms with E-state index in [1.165, 1.54) is 31.2 Å². The van der Waals surface area contributed by atoms with Gasteiger partial charge in [-0.1, -0.05) is 0 Å². The van der Waals surface area contributed by atoms with Crippen LogP contribution in [0.25, 0.3) is 0 Å². The number of anilines is 3. The fourth-order valence-electron chi connectivity index (χ4n) is 4.73. The Morgan fingerprint density at radius 3 is 2.38 bits per heavy atom. The normalized spacial score (nSPS) is 19.5. The van der Waals surface area contributed by atoms with E-state index in [9.17, 15) is 4.79 Å². The third-order valence-electron chi connectivity index (χ3n) is 6.54. The molecule has 3 N–H and O–H groups in total. The molecule has 1 heterocycles. The van der Waals surface area contributed by atoms with Crippen molar-refractivity contribution < 1.29 is 9.53 Å². The molecule has 0 saturated heterocycles. The van der Waals surface area contributed by atoms with E-state index in [0.717, 1.165) is 56.0 Å². The largest absolute Gasteiger partial charge is 0.465 e. The molecule has 2 aromatic rings. The summed E-state index contributed by atoms with van der Waals surface area (Å²) in [5.41, 5.74) is 3.87. The van der Waals surface area contributed by atoms with Crippen LogP contribution in [-0.2, 0) is 17.6 Å². The summed E-state index contributed by atoms with van der Waals surface area (Å²) in [4.78, 5) is 23.4. The number of benzene rings is 1. The number of hydrogen-bond donors (Lipinski definition) is 3. The third kappa shape index (κ3) is 5.94. The number of esters is 1. The van der Waals surface area contributed by atoms with Gasteiger partial charge in [0.2, 0.25) is 5.95 Å². The molecule has 0 atom stereocenters. The van der Waals surface area contributed by atoms with Crippen molar-refractivity contribution in [3.8, 4) is 0 Å². The minimum Gasteiger partial charge on any atom is -0.465 e. The molecule has 0 unspecified atom stereocenters. The Bertz CT molecular complexity index is 1020. The fraction of sp³-hybridized carbons (Fsp3) is 0.520. The number of nitrogens with one attached hydrogen (secondary N) is 3. The highest BCUT2D eigenvalue weighted by Gasteiger charge is 2.24. The molecule has 2 aliphatic carbocycles. The van der Waals surface area contributed by atoms with Gasteiger partial charge in [0.05, 0.1) is 18.4 Å². The van der Waals surface area contributed by atoms with Gasteiger partial charge in [-0.3, -0.25) is 0 Å². The van der Waals surface area contributed by atoms with E-state index in [0.29, 0.717) is 22.8 Å². The van der Waals surface area contributed by atoms with Gasteiger partial charge in [0.1, 0.15) is 5.82 Å². The van der Waals surface area contributed by atoms with Crippen LogP contribution in [0.1, 0.15) is 60.1 Å². The second-order valence-electron chi connectivity index (χ2n) is 9.26. The Morgan fingerprint density at radius 2 is 1.71 bits per heavy atom. The first-order valence-corrected chi connectivity index (χ1v) is 12.4. The van der Waals surface area contributed by atoms with E-state index in [4.69, 9.17) is 26.9 Å². The number of methoxy groups -OCH3 is 1. The second-order valence-corrected chi connectivity index (χ2v) is 9.67. The van der Waals surface area contributed by atoms with Gasteiger partial charge >= 0.3 is 5.97 Å².